The van der Waals surface area contributed by atoms with E-state index >= 15 is 0 Å². The van der Waals surface area contributed by atoms with Gasteiger partial charge < -0.3 is 9.47 Å². The van der Waals surface area contributed by atoms with Gasteiger partial charge in [0.1, 0.15) is 0 Å². The first-order chi connectivity index (χ1) is 10.7. The van der Waals surface area contributed by atoms with Gasteiger partial charge in [0.25, 0.3) is 0 Å². The molecule has 1 aliphatic heterocycles. The maximum Gasteiger partial charge on any atom is 0.235 e. The maximum absolute atomic E-state index is 10.9. The largest absolute Gasteiger partial charge is 0.489 e. The van der Waals surface area contributed by atoms with Crippen LogP contribution in [-0.4, -0.2) is 19.3 Å². The number of nitrogens with zero attached hydrogens (tertiary/aromatic N) is 1. The molecule has 1 aromatic rings. The Bertz CT molecular complexity index is 656. The lowest BCUT2D eigenvalue weighted by atomic mass is 9.88. The minimum Gasteiger partial charge on any atom is -0.489 e. The number of ether oxygens (including phenoxy) is 2. The number of benzene rings is 1. The fourth-order valence-corrected chi connectivity index (χ4v) is 3.90. The topological polar surface area (TPSA) is 47.9 Å². The van der Waals surface area contributed by atoms with Gasteiger partial charge in [-0.2, -0.15) is 4.99 Å². The van der Waals surface area contributed by atoms with Crippen molar-refractivity contribution < 1.29 is 14.3 Å². The Morgan fingerprint density at radius 1 is 1.05 bits per heavy atom. The SMILES string of the molecule is O=C=NC1(c2cc3c(cc2Cl)OCC2(CC2)CO3)CCCC1. The molecular weight excluding hydrogens is 302 g/mol. The summed E-state index contributed by atoms with van der Waals surface area (Å²) in [6.45, 7) is 1.37. The van der Waals surface area contributed by atoms with Gasteiger partial charge in [-0.3, -0.25) is 0 Å². The summed E-state index contributed by atoms with van der Waals surface area (Å²) < 4.78 is 11.9. The lowest BCUT2D eigenvalue weighted by Crippen LogP contribution is -2.19. The third-order valence-corrected chi connectivity index (χ3v) is 5.56. The molecule has 0 saturated heterocycles. The van der Waals surface area contributed by atoms with E-state index in [1.165, 1.54) is 0 Å². The van der Waals surface area contributed by atoms with Crippen LogP contribution in [0.2, 0.25) is 5.02 Å². The minimum absolute atomic E-state index is 0.192. The molecule has 0 unspecified atom stereocenters. The van der Waals surface area contributed by atoms with Crippen LogP contribution in [0.25, 0.3) is 0 Å². The first-order valence-corrected chi connectivity index (χ1v) is 8.23. The number of fused-ring (bicyclic) bond motifs is 1. The fourth-order valence-electron chi connectivity index (χ4n) is 3.57. The van der Waals surface area contributed by atoms with Crippen molar-refractivity contribution in [2.75, 3.05) is 13.2 Å². The highest BCUT2D eigenvalue weighted by molar-refractivity contribution is 6.31. The van der Waals surface area contributed by atoms with Gasteiger partial charge in [0.15, 0.2) is 11.5 Å². The molecule has 3 aliphatic rings. The number of hydrogen-bond acceptors (Lipinski definition) is 4. The molecule has 22 heavy (non-hydrogen) atoms. The third-order valence-electron chi connectivity index (χ3n) is 5.25. The van der Waals surface area contributed by atoms with Crippen molar-refractivity contribution in [3.05, 3.63) is 22.7 Å². The molecule has 2 fully saturated rings. The molecule has 5 heteroatoms. The average molecular weight is 320 g/mol. The summed E-state index contributed by atoms with van der Waals surface area (Å²) in [6, 6.07) is 3.74. The van der Waals surface area contributed by atoms with Crippen molar-refractivity contribution in [2.45, 2.75) is 44.1 Å². The highest BCUT2D eigenvalue weighted by Crippen LogP contribution is 2.52. The molecule has 4 rings (SSSR count). The Hall–Kier alpha value is -1.51. The molecule has 1 spiro atoms. The maximum atomic E-state index is 10.9. The van der Waals surface area contributed by atoms with Crippen LogP contribution >= 0.6 is 11.6 Å². The van der Waals surface area contributed by atoms with Crippen LogP contribution in [0.4, 0.5) is 0 Å². The Morgan fingerprint density at radius 3 is 2.27 bits per heavy atom. The van der Waals surface area contributed by atoms with Gasteiger partial charge in [0.2, 0.25) is 6.08 Å². The molecule has 116 valence electrons. The predicted molar refractivity (Wildman–Crippen MR) is 82.4 cm³/mol. The Morgan fingerprint density at radius 2 is 1.68 bits per heavy atom. The number of aliphatic imine (C=N–C) groups is 1. The number of hydrogen-bond donors (Lipinski definition) is 0. The van der Waals surface area contributed by atoms with E-state index in [-0.39, 0.29) is 5.41 Å². The van der Waals surface area contributed by atoms with Gasteiger partial charge in [-0.15, -0.1) is 0 Å². The summed E-state index contributed by atoms with van der Waals surface area (Å²) in [5.41, 5.74) is 0.516. The molecule has 0 atom stereocenters. The quantitative estimate of drug-likeness (QED) is 0.611. The van der Waals surface area contributed by atoms with Gasteiger partial charge in [0.05, 0.1) is 23.8 Å². The van der Waals surface area contributed by atoms with Gasteiger partial charge in [0, 0.05) is 17.0 Å². The second-order valence-electron chi connectivity index (χ2n) is 6.80. The molecule has 4 nitrogen and oxygen atoms in total. The lowest BCUT2D eigenvalue weighted by Gasteiger charge is -2.25. The van der Waals surface area contributed by atoms with Crippen molar-refractivity contribution in [1.82, 2.24) is 0 Å². The summed E-state index contributed by atoms with van der Waals surface area (Å²) in [6.07, 6.45) is 7.77. The molecule has 1 heterocycles. The van der Waals surface area contributed by atoms with Crippen molar-refractivity contribution >= 4 is 17.7 Å². The van der Waals surface area contributed by atoms with Crippen LogP contribution in [-0.2, 0) is 10.3 Å². The fraction of sp³-hybridized carbons (Fsp3) is 0.588. The van der Waals surface area contributed by atoms with Gasteiger partial charge in [-0.05, 0) is 31.7 Å². The average Bonchev–Trinajstić information content (AvgIpc) is 3.18. The zero-order chi connectivity index (χ0) is 15.2. The van der Waals surface area contributed by atoms with Crippen molar-refractivity contribution in [3.8, 4) is 11.5 Å². The summed E-state index contributed by atoms with van der Waals surface area (Å²) in [7, 11) is 0. The molecular formula is C17H18ClNO3. The summed E-state index contributed by atoms with van der Waals surface area (Å²) in [5.74, 6) is 1.41. The zero-order valence-electron chi connectivity index (χ0n) is 12.4. The van der Waals surface area contributed by atoms with Crippen LogP contribution in [0.5, 0.6) is 11.5 Å². The van der Waals surface area contributed by atoms with Crippen LogP contribution in [0.1, 0.15) is 44.1 Å². The molecule has 0 bridgehead atoms. The van der Waals surface area contributed by atoms with E-state index in [2.05, 4.69) is 4.99 Å². The number of isocyanates is 1. The van der Waals surface area contributed by atoms with Gasteiger partial charge in [-0.25, -0.2) is 4.79 Å². The van der Waals surface area contributed by atoms with E-state index in [4.69, 9.17) is 21.1 Å². The number of rotatable bonds is 2. The molecule has 0 aromatic heterocycles. The van der Waals surface area contributed by atoms with E-state index in [0.717, 1.165) is 49.8 Å². The van der Waals surface area contributed by atoms with Gasteiger partial charge >= 0.3 is 0 Å². The monoisotopic (exact) mass is 319 g/mol. The van der Waals surface area contributed by atoms with E-state index < -0.39 is 5.54 Å². The molecule has 0 radical (unpaired) electrons. The molecule has 0 amide bonds. The standard InChI is InChI=1S/C17H18ClNO3/c18-13-8-15-14(21-9-16(5-6-16)10-22-15)7-12(13)17(19-11-20)3-1-2-4-17/h7-8H,1-6,9-10H2. The first kappa shape index (κ1) is 14.1. The summed E-state index contributed by atoms with van der Waals surface area (Å²) in [5, 5.41) is 0.593. The van der Waals surface area contributed by atoms with Crippen LogP contribution in [0.3, 0.4) is 0 Å². The smallest absolute Gasteiger partial charge is 0.235 e. The number of carbonyl (C=O) groups excluding carboxylic acids is 1. The second-order valence-corrected chi connectivity index (χ2v) is 7.21. The zero-order valence-corrected chi connectivity index (χ0v) is 13.1. The van der Waals surface area contributed by atoms with E-state index in [1.54, 1.807) is 6.08 Å². The molecule has 2 saturated carbocycles. The summed E-state index contributed by atoms with van der Waals surface area (Å²) >= 11 is 6.48. The third kappa shape index (κ3) is 2.22. The Kier molecular flexibility index (Phi) is 3.21. The van der Waals surface area contributed by atoms with Crippen LogP contribution in [0, 0.1) is 5.41 Å². The van der Waals surface area contributed by atoms with E-state index in [9.17, 15) is 4.79 Å². The molecule has 0 N–H and O–H groups in total. The number of halogens is 1. The van der Waals surface area contributed by atoms with Crippen LogP contribution in [0.15, 0.2) is 17.1 Å². The Balaban J connectivity index is 1.75. The highest BCUT2D eigenvalue weighted by atomic mass is 35.5. The van der Waals surface area contributed by atoms with Gasteiger partial charge in [-0.1, -0.05) is 24.4 Å². The Labute approximate surface area is 134 Å². The predicted octanol–water partition coefficient (Wildman–Crippen LogP) is 4.00. The van der Waals surface area contributed by atoms with E-state index in [0.29, 0.717) is 24.0 Å². The molecule has 1 aromatic carbocycles. The van der Waals surface area contributed by atoms with E-state index in [1.807, 2.05) is 12.1 Å². The first-order valence-electron chi connectivity index (χ1n) is 7.85. The van der Waals surface area contributed by atoms with Crippen molar-refractivity contribution in [2.24, 2.45) is 10.4 Å². The summed E-state index contributed by atoms with van der Waals surface area (Å²) in [4.78, 5) is 15.0. The highest BCUT2D eigenvalue weighted by Gasteiger charge is 2.46. The lowest BCUT2D eigenvalue weighted by molar-refractivity contribution is 0.197. The second kappa shape index (κ2) is 5.00. The van der Waals surface area contributed by atoms with Crippen molar-refractivity contribution in [1.29, 1.82) is 0 Å². The molecule has 2 aliphatic carbocycles. The normalized spacial score (nSPS) is 23.7. The van der Waals surface area contributed by atoms with Crippen molar-refractivity contribution in [3.63, 3.8) is 0 Å². The minimum atomic E-state index is -0.541. The van der Waals surface area contributed by atoms with Crippen LogP contribution < -0.4 is 9.47 Å².